The number of nitrogens with one attached hydrogen (secondary N) is 2. The van der Waals surface area contributed by atoms with Crippen LogP contribution in [0.2, 0.25) is 0 Å². The van der Waals surface area contributed by atoms with Crippen LogP contribution < -0.4 is 10.6 Å². The monoisotopic (exact) mass is 318 g/mol. The predicted molar refractivity (Wildman–Crippen MR) is 94.8 cm³/mol. The third-order valence-electron chi connectivity index (χ3n) is 3.44. The van der Waals surface area contributed by atoms with Crippen molar-refractivity contribution in [1.29, 1.82) is 0 Å². The first-order chi connectivity index (χ1) is 10.5. The molecule has 0 saturated carbocycles. The first kappa shape index (κ1) is 19.2. The molecule has 0 saturated heterocycles. The number of hydrogen-bond acceptors (Lipinski definition) is 2. The zero-order chi connectivity index (χ0) is 17.7. The van der Waals surface area contributed by atoms with Gasteiger partial charge in [0.15, 0.2) is 5.78 Å². The van der Waals surface area contributed by atoms with Crippen molar-refractivity contribution < 1.29 is 9.59 Å². The molecule has 1 aromatic carbocycles. The number of benzene rings is 1. The molecule has 1 rings (SSSR count). The maximum atomic E-state index is 12.0. The zero-order valence-corrected chi connectivity index (χ0v) is 15.2. The highest BCUT2D eigenvalue weighted by atomic mass is 16.2. The number of aryl methyl sites for hydroxylation is 1. The molecule has 0 unspecified atom stereocenters. The number of carbonyl (C=O) groups is 2. The van der Waals surface area contributed by atoms with E-state index in [2.05, 4.69) is 31.4 Å². The van der Waals surface area contributed by atoms with Crippen LogP contribution in [-0.2, 0) is 0 Å². The summed E-state index contributed by atoms with van der Waals surface area (Å²) < 4.78 is 0. The average molecular weight is 318 g/mol. The van der Waals surface area contributed by atoms with Crippen LogP contribution in [0.1, 0.15) is 63.4 Å². The van der Waals surface area contributed by atoms with Crippen LogP contribution in [0, 0.1) is 12.3 Å². The van der Waals surface area contributed by atoms with Crippen molar-refractivity contribution in [3.8, 4) is 0 Å². The largest absolute Gasteiger partial charge is 0.338 e. The summed E-state index contributed by atoms with van der Waals surface area (Å²) in [5, 5.41) is 5.74. The molecule has 0 bridgehead atoms. The second kappa shape index (κ2) is 7.62. The van der Waals surface area contributed by atoms with Gasteiger partial charge in [-0.2, -0.15) is 0 Å². The van der Waals surface area contributed by atoms with E-state index in [0.717, 1.165) is 12.0 Å². The van der Waals surface area contributed by atoms with Gasteiger partial charge in [-0.3, -0.25) is 4.79 Å². The molecule has 0 aliphatic heterocycles. The fourth-order valence-corrected chi connectivity index (χ4v) is 2.89. The van der Waals surface area contributed by atoms with E-state index in [0.29, 0.717) is 18.5 Å². The lowest BCUT2D eigenvalue weighted by Gasteiger charge is -2.33. The Morgan fingerprint density at radius 3 is 2.09 bits per heavy atom. The second-order valence-corrected chi connectivity index (χ2v) is 8.04. The first-order valence-corrected chi connectivity index (χ1v) is 8.14. The highest BCUT2D eigenvalue weighted by Gasteiger charge is 2.26. The van der Waals surface area contributed by atoms with Crippen molar-refractivity contribution in [1.82, 2.24) is 10.6 Å². The molecule has 23 heavy (non-hydrogen) atoms. The molecule has 128 valence electrons. The Hall–Kier alpha value is -1.84. The van der Waals surface area contributed by atoms with Crippen LogP contribution in [0.15, 0.2) is 24.3 Å². The van der Waals surface area contributed by atoms with E-state index in [1.54, 1.807) is 0 Å². The smallest absolute Gasteiger partial charge is 0.315 e. The Kier molecular flexibility index (Phi) is 6.37. The Labute approximate surface area is 140 Å². The number of ketones is 1. The van der Waals surface area contributed by atoms with E-state index in [-0.39, 0.29) is 22.8 Å². The molecule has 0 aliphatic carbocycles. The summed E-state index contributed by atoms with van der Waals surface area (Å²) in [4.78, 5) is 24.0. The Morgan fingerprint density at radius 1 is 1.00 bits per heavy atom. The molecule has 0 atom stereocenters. The van der Waals surface area contributed by atoms with Crippen molar-refractivity contribution in [3.63, 3.8) is 0 Å². The van der Waals surface area contributed by atoms with Gasteiger partial charge in [-0.15, -0.1) is 0 Å². The van der Waals surface area contributed by atoms with Crippen molar-refractivity contribution in [2.24, 2.45) is 5.41 Å². The van der Waals surface area contributed by atoms with Gasteiger partial charge >= 0.3 is 6.03 Å². The molecule has 0 aliphatic rings. The lowest BCUT2D eigenvalue weighted by Crippen LogP contribution is -2.50. The van der Waals surface area contributed by atoms with Crippen molar-refractivity contribution >= 4 is 11.8 Å². The molecule has 4 heteroatoms. The fourth-order valence-electron chi connectivity index (χ4n) is 2.89. The maximum absolute atomic E-state index is 12.0. The first-order valence-electron chi connectivity index (χ1n) is 8.14. The summed E-state index contributed by atoms with van der Waals surface area (Å²) in [6.07, 6.45) is 1.17. The number of rotatable bonds is 6. The summed E-state index contributed by atoms with van der Waals surface area (Å²) in [5.41, 5.74) is 1.66. The van der Waals surface area contributed by atoms with E-state index in [9.17, 15) is 9.59 Å². The minimum atomic E-state index is -0.288. The van der Waals surface area contributed by atoms with E-state index in [1.165, 1.54) is 0 Å². The van der Waals surface area contributed by atoms with Gasteiger partial charge < -0.3 is 10.6 Å². The molecule has 0 heterocycles. The highest BCUT2D eigenvalue weighted by molar-refractivity contribution is 5.96. The molecular formula is C19H30N2O2. The number of amides is 2. The van der Waals surface area contributed by atoms with E-state index < -0.39 is 0 Å². The topological polar surface area (TPSA) is 58.2 Å². The van der Waals surface area contributed by atoms with E-state index in [4.69, 9.17) is 0 Å². The zero-order valence-electron chi connectivity index (χ0n) is 15.2. The fraction of sp³-hybridized carbons (Fsp3) is 0.579. The number of Topliss-reactive ketones (excluding diaryl/α,β-unsaturated/α-hetero) is 1. The molecule has 2 N–H and O–H groups in total. The van der Waals surface area contributed by atoms with Crippen molar-refractivity contribution in [2.45, 2.75) is 59.9 Å². The summed E-state index contributed by atoms with van der Waals surface area (Å²) in [5.74, 6) is 0.0410. The molecule has 0 fully saturated rings. The van der Waals surface area contributed by atoms with E-state index >= 15 is 0 Å². The lowest BCUT2D eigenvalue weighted by atomic mass is 9.82. The normalized spacial score (nSPS) is 11.9. The lowest BCUT2D eigenvalue weighted by molar-refractivity contribution is 0.0983. The average Bonchev–Trinajstić information content (AvgIpc) is 2.35. The van der Waals surface area contributed by atoms with Crippen LogP contribution in [-0.4, -0.2) is 23.9 Å². The van der Waals surface area contributed by atoms with Gasteiger partial charge in [0.2, 0.25) is 0 Å². The van der Waals surface area contributed by atoms with Gasteiger partial charge in [-0.25, -0.2) is 4.79 Å². The van der Waals surface area contributed by atoms with E-state index in [1.807, 2.05) is 45.0 Å². The summed E-state index contributed by atoms with van der Waals surface area (Å²) >= 11 is 0. The molecule has 4 nitrogen and oxygen atoms in total. The summed E-state index contributed by atoms with van der Waals surface area (Å²) in [6, 6.07) is 7.26. The molecular weight excluding hydrogens is 288 g/mol. The molecule has 0 aromatic heterocycles. The van der Waals surface area contributed by atoms with Crippen LogP contribution in [0.4, 0.5) is 4.79 Å². The van der Waals surface area contributed by atoms with Gasteiger partial charge in [0.1, 0.15) is 0 Å². The standard InChI is InChI=1S/C19H30N2O2/c1-14-7-9-15(10-8-14)16(22)11-12-20-17(23)21-19(5,6)13-18(2,3)4/h7-10H,11-13H2,1-6H3,(H2,20,21,23). The van der Waals surface area contributed by atoms with Crippen LogP contribution >= 0.6 is 0 Å². The quantitative estimate of drug-likeness (QED) is 0.776. The maximum Gasteiger partial charge on any atom is 0.315 e. The van der Waals surface area contributed by atoms with Gasteiger partial charge in [-0.1, -0.05) is 50.6 Å². The molecule has 0 spiro atoms. The minimum Gasteiger partial charge on any atom is -0.338 e. The number of carbonyl (C=O) groups excluding carboxylic acids is 2. The molecule has 2 amide bonds. The van der Waals surface area contributed by atoms with Crippen LogP contribution in [0.5, 0.6) is 0 Å². The Morgan fingerprint density at radius 2 is 1.57 bits per heavy atom. The third kappa shape index (κ3) is 7.82. The van der Waals surface area contributed by atoms with Gasteiger partial charge in [0.05, 0.1) is 0 Å². The van der Waals surface area contributed by atoms with Crippen LogP contribution in [0.3, 0.4) is 0 Å². The molecule has 0 radical (unpaired) electrons. The summed E-state index contributed by atoms with van der Waals surface area (Å²) in [7, 11) is 0. The van der Waals surface area contributed by atoms with Gasteiger partial charge in [0, 0.05) is 24.1 Å². The minimum absolute atomic E-state index is 0.0410. The van der Waals surface area contributed by atoms with Gasteiger partial charge in [0.25, 0.3) is 0 Å². The Balaban J connectivity index is 2.39. The number of urea groups is 1. The van der Waals surface area contributed by atoms with Crippen LogP contribution in [0.25, 0.3) is 0 Å². The second-order valence-electron chi connectivity index (χ2n) is 8.04. The Bertz CT molecular complexity index is 539. The van der Waals surface area contributed by atoms with Crippen molar-refractivity contribution in [3.05, 3.63) is 35.4 Å². The SMILES string of the molecule is Cc1ccc(C(=O)CCNC(=O)NC(C)(C)CC(C)(C)C)cc1. The van der Waals surface area contributed by atoms with Gasteiger partial charge in [-0.05, 0) is 32.6 Å². The highest BCUT2D eigenvalue weighted by Crippen LogP contribution is 2.26. The number of hydrogen-bond donors (Lipinski definition) is 2. The third-order valence-corrected chi connectivity index (χ3v) is 3.44. The molecule has 1 aromatic rings. The predicted octanol–water partition coefficient (Wildman–Crippen LogP) is 4.08. The van der Waals surface area contributed by atoms with Crippen molar-refractivity contribution in [2.75, 3.05) is 6.54 Å². The summed E-state index contributed by atoms with van der Waals surface area (Å²) in [6.45, 7) is 12.8.